The quantitative estimate of drug-likeness (QED) is 0.830. The van der Waals surface area contributed by atoms with Gasteiger partial charge in [-0.1, -0.05) is 67.6 Å². The van der Waals surface area contributed by atoms with E-state index < -0.39 is 12.0 Å². The van der Waals surface area contributed by atoms with Crippen molar-refractivity contribution in [3.8, 4) is 0 Å². The molecule has 0 unspecified atom stereocenters. The van der Waals surface area contributed by atoms with E-state index in [4.69, 9.17) is 0 Å². The Hall–Kier alpha value is -1.93. The number of hydrogen-bond acceptors (Lipinski definition) is 2. The molecule has 0 aliphatic heterocycles. The number of Topliss-reactive ketones (excluding diaryl/α,β-unsaturated/α-hetero) is 1. The molecule has 0 aliphatic carbocycles. The third-order valence-corrected chi connectivity index (χ3v) is 3.30. The minimum Gasteiger partial charge on any atom is -0.392 e. The summed E-state index contributed by atoms with van der Waals surface area (Å²) in [6.07, 6.45) is -0.104. The Labute approximate surface area is 113 Å². The largest absolute Gasteiger partial charge is 0.392 e. The summed E-state index contributed by atoms with van der Waals surface area (Å²) in [4.78, 5) is 12.6. The average Bonchev–Trinajstić information content (AvgIpc) is 2.49. The maximum Gasteiger partial charge on any atom is 0.172 e. The SMILES string of the molecule is CC[C@@H](O)[C@H](C(=O)c1ccccc1)c1ccccc1. The summed E-state index contributed by atoms with van der Waals surface area (Å²) in [5.41, 5.74) is 1.51. The van der Waals surface area contributed by atoms with Crippen molar-refractivity contribution in [2.45, 2.75) is 25.4 Å². The minimum atomic E-state index is -0.657. The van der Waals surface area contributed by atoms with Gasteiger partial charge in [0.05, 0.1) is 12.0 Å². The van der Waals surface area contributed by atoms with Crippen LogP contribution in [0.3, 0.4) is 0 Å². The van der Waals surface area contributed by atoms with Crippen molar-refractivity contribution in [2.24, 2.45) is 0 Å². The molecule has 2 atom stereocenters. The highest BCUT2D eigenvalue weighted by Gasteiger charge is 2.27. The lowest BCUT2D eigenvalue weighted by molar-refractivity contribution is 0.0803. The highest BCUT2D eigenvalue weighted by molar-refractivity contribution is 6.01. The molecule has 2 nitrogen and oxygen atoms in total. The summed E-state index contributed by atoms with van der Waals surface area (Å²) in [6, 6.07) is 18.6. The lowest BCUT2D eigenvalue weighted by atomic mass is 9.85. The predicted octanol–water partition coefficient (Wildman–Crippen LogP) is 3.42. The van der Waals surface area contributed by atoms with Crippen LogP contribution >= 0.6 is 0 Å². The molecule has 0 saturated heterocycles. The Kier molecular flexibility index (Phi) is 4.48. The maximum atomic E-state index is 12.6. The highest BCUT2D eigenvalue weighted by atomic mass is 16.3. The molecule has 0 bridgehead atoms. The summed E-state index contributed by atoms with van der Waals surface area (Å²) in [7, 11) is 0. The Morgan fingerprint density at radius 3 is 2.05 bits per heavy atom. The fraction of sp³-hybridized carbons (Fsp3) is 0.235. The fourth-order valence-electron chi connectivity index (χ4n) is 2.23. The molecule has 2 aromatic rings. The normalized spacial score (nSPS) is 13.8. The van der Waals surface area contributed by atoms with E-state index in [0.717, 1.165) is 5.56 Å². The molecule has 2 aromatic carbocycles. The van der Waals surface area contributed by atoms with Gasteiger partial charge in [0.25, 0.3) is 0 Å². The molecule has 2 heteroatoms. The second-order valence-electron chi connectivity index (χ2n) is 4.59. The van der Waals surface area contributed by atoms with Crippen LogP contribution < -0.4 is 0 Å². The molecule has 19 heavy (non-hydrogen) atoms. The Morgan fingerprint density at radius 2 is 1.53 bits per heavy atom. The lowest BCUT2D eigenvalue weighted by Crippen LogP contribution is -2.25. The molecular weight excluding hydrogens is 236 g/mol. The molecule has 0 saturated carbocycles. The van der Waals surface area contributed by atoms with Crippen molar-refractivity contribution < 1.29 is 9.90 Å². The smallest absolute Gasteiger partial charge is 0.172 e. The summed E-state index contributed by atoms with van der Waals surface area (Å²) in [5, 5.41) is 10.2. The van der Waals surface area contributed by atoms with Crippen molar-refractivity contribution in [2.75, 3.05) is 0 Å². The zero-order valence-electron chi connectivity index (χ0n) is 11.0. The van der Waals surface area contributed by atoms with E-state index >= 15 is 0 Å². The predicted molar refractivity (Wildman–Crippen MR) is 76.3 cm³/mol. The van der Waals surface area contributed by atoms with Gasteiger partial charge in [0.2, 0.25) is 0 Å². The Morgan fingerprint density at radius 1 is 1.00 bits per heavy atom. The molecule has 98 valence electrons. The van der Waals surface area contributed by atoms with E-state index in [2.05, 4.69) is 0 Å². The first kappa shape index (κ1) is 13.5. The van der Waals surface area contributed by atoms with Gasteiger partial charge in [-0.3, -0.25) is 4.79 Å². The second-order valence-corrected chi connectivity index (χ2v) is 4.59. The van der Waals surface area contributed by atoms with Crippen molar-refractivity contribution in [1.29, 1.82) is 0 Å². The van der Waals surface area contributed by atoms with Crippen LogP contribution in [0.25, 0.3) is 0 Å². The van der Waals surface area contributed by atoms with Crippen LogP contribution in [0, 0.1) is 0 Å². The van der Waals surface area contributed by atoms with Crippen LogP contribution in [0.1, 0.15) is 35.2 Å². The summed E-state index contributed by atoms with van der Waals surface area (Å²) >= 11 is 0. The first-order chi connectivity index (χ1) is 9.24. The topological polar surface area (TPSA) is 37.3 Å². The number of carbonyl (C=O) groups is 1. The van der Waals surface area contributed by atoms with Crippen LogP contribution in [-0.2, 0) is 0 Å². The van der Waals surface area contributed by atoms with Crippen LogP contribution in [-0.4, -0.2) is 17.0 Å². The van der Waals surface area contributed by atoms with Crippen molar-refractivity contribution in [3.05, 3.63) is 71.8 Å². The number of hydrogen-bond donors (Lipinski definition) is 1. The molecule has 0 radical (unpaired) electrons. The van der Waals surface area contributed by atoms with Crippen LogP contribution in [0.5, 0.6) is 0 Å². The monoisotopic (exact) mass is 254 g/mol. The number of carbonyl (C=O) groups excluding carboxylic acids is 1. The van der Waals surface area contributed by atoms with Gasteiger partial charge in [-0.25, -0.2) is 0 Å². The molecule has 0 amide bonds. The van der Waals surface area contributed by atoms with E-state index in [-0.39, 0.29) is 5.78 Å². The van der Waals surface area contributed by atoms with E-state index in [1.165, 1.54) is 0 Å². The Balaban J connectivity index is 2.37. The molecule has 0 fully saturated rings. The number of aliphatic hydroxyl groups is 1. The lowest BCUT2D eigenvalue weighted by Gasteiger charge is -2.21. The van der Waals surface area contributed by atoms with Gasteiger partial charge in [-0.2, -0.15) is 0 Å². The van der Waals surface area contributed by atoms with E-state index in [9.17, 15) is 9.90 Å². The molecule has 0 heterocycles. The molecule has 2 rings (SSSR count). The van der Waals surface area contributed by atoms with Gasteiger partial charge in [0, 0.05) is 5.56 Å². The Bertz CT molecular complexity index is 519. The number of rotatable bonds is 5. The van der Waals surface area contributed by atoms with Crippen molar-refractivity contribution >= 4 is 5.78 Å². The third-order valence-electron chi connectivity index (χ3n) is 3.30. The van der Waals surface area contributed by atoms with Gasteiger partial charge < -0.3 is 5.11 Å². The van der Waals surface area contributed by atoms with E-state index in [1.807, 2.05) is 55.5 Å². The zero-order valence-corrected chi connectivity index (χ0v) is 11.0. The standard InChI is InChI=1S/C17H18O2/c1-2-15(18)16(13-9-5-3-6-10-13)17(19)14-11-7-4-8-12-14/h3-12,15-16,18H,2H2,1H3/t15-,16-/m1/s1. The third kappa shape index (κ3) is 3.09. The van der Waals surface area contributed by atoms with Crippen LogP contribution in [0.2, 0.25) is 0 Å². The molecular formula is C17H18O2. The molecule has 0 spiro atoms. The first-order valence-corrected chi connectivity index (χ1v) is 6.56. The zero-order chi connectivity index (χ0) is 13.7. The van der Waals surface area contributed by atoms with Crippen molar-refractivity contribution in [1.82, 2.24) is 0 Å². The summed E-state index contributed by atoms with van der Waals surface area (Å²) in [5.74, 6) is -0.519. The first-order valence-electron chi connectivity index (χ1n) is 6.56. The number of benzene rings is 2. The number of ketones is 1. The molecule has 0 aromatic heterocycles. The maximum absolute atomic E-state index is 12.6. The van der Waals surface area contributed by atoms with Gasteiger partial charge in [0.15, 0.2) is 5.78 Å². The highest BCUT2D eigenvalue weighted by Crippen LogP contribution is 2.26. The molecule has 0 aliphatic rings. The van der Waals surface area contributed by atoms with Gasteiger partial charge in [-0.05, 0) is 12.0 Å². The van der Waals surface area contributed by atoms with Gasteiger partial charge in [-0.15, -0.1) is 0 Å². The van der Waals surface area contributed by atoms with Crippen LogP contribution in [0.15, 0.2) is 60.7 Å². The van der Waals surface area contributed by atoms with Gasteiger partial charge >= 0.3 is 0 Å². The minimum absolute atomic E-state index is 0.0267. The summed E-state index contributed by atoms with van der Waals surface area (Å²) in [6.45, 7) is 1.89. The summed E-state index contributed by atoms with van der Waals surface area (Å²) < 4.78 is 0. The van der Waals surface area contributed by atoms with E-state index in [1.54, 1.807) is 12.1 Å². The van der Waals surface area contributed by atoms with Crippen LogP contribution in [0.4, 0.5) is 0 Å². The van der Waals surface area contributed by atoms with Crippen molar-refractivity contribution in [3.63, 3.8) is 0 Å². The average molecular weight is 254 g/mol. The number of aliphatic hydroxyl groups excluding tert-OH is 1. The fourth-order valence-corrected chi connectivity index (χ4v) is 2.23. The second kappa shape index (κ2) is 6.30. The molecule has 1 N–H and O–H groups in total. The van der Waals surface area contributed by atoms with E-state index in [0.29, 0.717) is 12.0 Å². The van der Waals surface area contributed by atoms with Gasteiger partial charge in [0.1, 0.15) is 0 Å².